The third-order valence-corrected chi connectivity index (χ3v) is 3.47. The summed E-state index contributed by atoms with van der Waals surface area (Å²) < 4.78 is 75.2. The lowest BCUT2D eigenvalue weighted by molar-refractivity contribution is -0.274. The summed E-state index contributed by atoms with van der Waals surface area (Å²) >= 11 is 0. The summed E-state index contributed by atoms with van der Waals surface area (Å²) in [5, 5.41) is 11.9. The Hall–Kier alpha value is -3.41. The predicted octanol–water partition coefficient (Wildman–Crippen LogP) is 6.30. The summed E-state index contributed by atoms with van der Waals surface area (Å²) in [5.41, 5.74) is 1.97. The molecular weight excluding hydrogens is 410 g/mol. The highest BCUT2D eigenvalue weighted by atomic mass is 19.4. The fourth-order valence-electron chi connectivity index (χ4n) is 2.38. The van der Waals surface area contributed by atoms with Gasteiger partial charge < -0.3 is 10.1 Å². The van der Waals surface area contributed by atoms with Crippen molar-refractivity contribution in [1.82, 2.24) is 5.32 Å². The standard InChI is InChI=1S/C19H14F4N2O.C2H4F2/c1-3-17(18(11-24)25-2)14-8-13(9-15(20)10-14)12-4-6-16(7-5-12)26-19(21,22)23;1-2(3)4/h3-10,25H,1H2,2H3;2H,1H3/b18-17+;. The van der Waals surface area contributed by atoms with Crippen LogP contribution in [0.3, 0.4) is 0 Å². The molecule has 0 aliphatic heterocycles. The summed E-state index contributed by atoms with van der Waals surface area (Å²) in [5.74, 6) is -0.924. The van der Waals surface area contributed by atoms with Gasteiger partial charge in [-0.15, -0.1) is 13.2 Å². The average Bonchev–Trinajstić information content (AvgIpc) is 2.64. The minimum absolute atomic E-state index is 0.213. The van der Waals surface area contributed by atoms with E-state index < -0.39 is 18.6 Å². The summed E-state index contributed by atoms with van der Waals surface area (Å²) in [6, 6.07) is 11.1. The Morgan fingerprint density at radius 3 is 2.13 bits per heavy atom. The Morgan fingerprint density at radius 1 is 1.13 bits per heavy atom. The first-order chi connectivity index (χ1) is 14.0. The second kappa shape index (κ2) is 11.0. The number of ether oxygens (including phenoxy) is 1. The molecule has 2 rings (SSSR count). The van der Waals surface area contributed by atoms with Crippen LogP contribution >= 0.6 is 0 Å². The number of hydrogen-bond acceptors (Lipinski definition) is 3. The van der Waals surface area contributed by atoms with Crippen molar-refractivity contribution >= 4 is 5.57 Å². The van der Waals surface area contributed by atoms with Crippen LogP contribution in [0.4, 0.5) is 26.3 Å². The molecule has 9 heteroatoms. The van der Waals surface area contributed by atoms with Crippen molar-refractivity contribution in [3.8, 4) is 22.9 Å². The number of rotatable bonds is 5. The lowest BCUT2D eigenvalue weighted by Crippen LogP contribution is -2.16. The predicted molar refractivity (Wildman–Crippen MR) is 102 cm³/mol. The Labute approximate surface area is 169 Å². The van der Waals surface area contributed by atoms with E-state index in [1.807, 2.05) is 6.07 Å². The van der Waals surface area contributed by atoms with Crippen LogP contribution in [0.25, 0.3) is 16.7 Å². The van der Waals surface area contributed by atoms with Crippen LogP contribution in [0, 0.1) is 17.1 Å². The van der Waals surface area contributed by atoms with Gasteiger partial charge in [-0.05, 0) is 53.9 Å². The van der Waals surface area contributed by atoms with Crippen LogP contribution in [-0.2, 0) is 0 Å². The van der Waals surface area contributed by atoms with E-state index in [4.69, 9.17) is 5.26 Å². The average molecular weight is 428 g/mol. The fraction of sp³-hybridized carbons (Fsp3) is 0.190. The van der Waals surface area contributed by atoms with Crippen LogP contribution in [0.5, 0.6) is 5.75 Å². The minimum atomic E-state index is -4.78. The van der Waals surface area contributed by atoms with Crippen LogP contribution in [0.2, 0.25) is 0 Å². The van der Waals surface area contributed by atoms with E-state index in [9.17, 15) is 26.3 Å². The number of allylic oxidation sites excluding steroid dienone is 3. The first kappa shape index (κ1) is 24.6. The van der Waals surface area contributed by atoms with Gasteiger partial charge in [-0.1, -0.05) is 24.8 Å². The van der Waals surface area contributed by atoms with E-state index in [1.165, 1.54) is 30.3 Å². The molecule has 0 aliphatic carbocycles. The zero-order valence-corrected chi connectivity index (χ0v) is 16.0. The third-order valence-electron chi connectivity index (χ3n) is 3.47. The molecule has 3 nitrogen and oxygen atoms in total. The molecule has 0 atom stereocenters. The number of nitrogens with zero attached hydrogens (tertiary/aromatic N) is 1. The first-order valence-corrected chi connectivity index (χ1v) is 8.40. The third kappa shape index (κ3) is 7.91. The van der Waals surface area contributed by atoms with Crippen molar-refractivity contribution in [3.63, 3.8) is 0 Å². The van der Waals surface area contributed by atoms with E-state index in [0.29, 0.717) is 22.3 Å². The zero-order valence-electron chi connectivity index (χ0n) is 16.0. The first-order valence-electron chi connectivity index (χ1n) is 8.40. The Bertz CT molecular complexity index is 925. The SMILES string of the molecule is C=C/C(=C(/C#N)NC)c1cc(F)cc(-c2ccc(OC(F)(F)F)cc2)c1.CC(F)F. The normalized spacial score (nSPS) is 11.6. The lowest BCUT2D eigenvalue weighted by Gasteiger charge is -2.11. The smallest absolute Gasteiger partial charge is 0.406 e. The van der Waals surface area contributed by atoms with Gasteiger partial charge in [-0.25, -0.2) is 13.2 Å². The van der Waals surface area contributed by atoms with Crippen molar-refractivity contribution in [2.75, 3.05) is 7.05 Å². The molecule has 30 heavy (non-hydrogen) atoms. The Balaban J connectivity index is 0.00000103. The van der Waals surface area contributed by atoms with Crippen LogP contribution in [0.15, 0.2) is 60.8 Å². The molecule has 0 spiro atoms. The second-order valence-corrected chi connectivity index (χ2v) is 5.67. The molecule has 0 aromatic heterocycles. The van der Waals surface area contributed by atoms with Crippen molar-refractivity contribution in [2.45, 2.75) is 19.7 Å². The van der Waals surface area contributed by atoms with Gasteiger partial charge in [-0.3, -0.25) is 0 Å². The van der Waals surface area contributed by atoms with E-state index in [0.717, 1.165) is 19.1 Å². The van der Waals surface area contributed by atoms with Crippen molar-refractivity contribution < 1.29 is 31.1 Å². The molecule has 1 N–H and O–H groups in total. The van der Waals surface area contributed by atoms with Gasteiger partial charge >= 0.3 is 6.36 Å². The Kier molecular flexibility index (Phi) is 8.99. The molecule has 0 heterocycles. The highest BCUT2D eigenvalue weighted by Crippen LogP contribution is 2.30. The number of alkyl halides is 5. The number of nitrogens with one attached hydrogen (secondary N) is 1. The summed E-state index contributed by atoms with van der Waals surface area (Å²) in [6.07, 6.45) is -5.52. The van der Waals surface area contributed by atoms with Crippen LogP contribution < -0.4 is 10.1 Å². The molecular formula is C21H18F6N2O. The van der Waals surface area contributed by atoms with Gasteiger partial charge in [0.1, 0.15) is 23.3 Å². The topological polar surface area (TPSA) is 45.0 Å². The van der Waals surface area contributed by atoms with E-state index in [-0.39, 0.29) is 11.4 Å². The maximum atomic E-state index is 14.0. The lowest BCUT2D eigenvalue weighted by atomic mass is 9.97. The minimum Gasteiger partial charge on any atom is -0.406 e. The number of nitriles is 1. The summed E-state index contributed by atoms with van der Waals surface area (Å²) in [6.45, 7) is 4.47. The van der Waals surface area contributed by atoms with Gasteiger partial charge in [0.05, 0.1) is 0 Å². The van der Waals surface area contributed by atoms with Gasteiger partial charge in [0.15, 0.2) is 0 Å². The van der Waals surface area contributed by atoms with E-state index in [1.54, 1.807) is 13.1 Å². The van der Waals surface area contributed by atoms with E-state index >= 15 is 0 Å². The molecule has 0 radical (unpaired) electrons. The largest absolute Gasteiger partial charge is 0.573 e. The van der Waals surface area contributed by atoms with Gasteiger partial charge in [0, 0.05) is 12.6 Å². The quantitative estimate of drug-likeness (QED) is 0.345. The molecule has 2 aromatic rings. The van der Waals surface area contributed by atoms with E-state index in [2.05, 4.69) is 16.6 Å². The number of hydrogen-bond donors (Lipinski definition) is 1. The molecule has 0 unspecified atom stereocenters. The highest BCUT2D eigenvalue weighted by molar-refractivity contribution is 5.81. The molecule has 0 saturated carbocycles. The monoisotopic (exact) mass is 428 g/mol. The van der Waals surface area contributed by atoms with Gasteiger partial charge in [0.25, 0.3) is 0 Å². The van der Waals surface area contributed by atoms with Crippen LogP contribution in [-0.4, -0.2) is 19.8 Å². The maximum Gasteiger partial charge on any atom is 0.573 e. The highest BCUT2D eigenvalue weighted by Gasteiger charge is 2.30. The van der Waals surface area contributed by atoms with Crippen LogP contribution in [0.1, 0.15) is 12.5 Å². The Morgan fingerprint density at radius 2 is 1.70 bits per heavy atom. The van der Waals surface area contributed by atoms with Gasteiger partial charge in [-0.2, -0.15) is 5.26 Å². The molecule has 0 aliphatic rings. The zero-order chi connectivity index (χ0) is 22.9. The summed E-state index contributed by atoms with van der Waals surface area (Å²) in [7, 11) is 1.56. The summed E-state index contributed by atoms with van der Waals surface area (Å²) in [4.78, 5) is 0. The number of halogens is 6. The molecule has 2 aromatic carbocycles. The maximum absolute atomic E-state index is 14.0. The second-order valence-electron chi connectivity index (χ2n) is 5.67. The molecule has 0 amide bonds. The fourth-order valence-corrected chi connectivity index (χ4v) is 2.38. The number of benzene rings is 2. The van der Waals surface area contributed by atoms with Gasteiger partial charge in [0.2, 0.25) is 6.43 Å². The molecule has 0 saturated heterocycles. The molecule has 0 fully saturated rings. The molecule has 160 valence electrons. The van der Waals surface area contributed by atoms with Crippen molar-refractivity contribution in [2.24, 2.45) is 0 Å². The van der Waals surface area contributed by atoms with Crippen molar-refractivity contribution in [3.05, 3.63) is 72.2 Å². The molecule has 0 bridgehead atoms. The van der Waals surface area contributed by atoms with Crippen molar-refractivity contribution in [1.29, 1.82) is 5.26 Å².